The van der Waals surface area contributed by atoms with Gasteiger partial charge in [0.25, 0.3) is 0 Å². The monoisotopic (exact) mass is 651 g/mol. The van der Waals surface area contributed by atoms with E-state index in [0.29, 0.717) is 5.57 Å². The Labute approximate surface area is 270 Å². The van der Waals surface area contributed by atoms with E-state index in [1.165, 1.54) is 67.2 Å². The highest BCUT2D eigenvalue weighted by Crippen LogP contribution is 2.41. The number of hydrogen-bond donors (Lipinski definition) is 0. The minimum Gasteiger partial charge on any atom is -0.465 e. The van der Waals surface area contributed by atoms with E-state index in [4.69, 9.17) is 9.47 Å². The minimum atomic E-state index is -0.346. The van der Waals surface area contributed by atoms with E-state index in [-0.39, 0.29) is 5.97 Å². The quantitative estimate of drug-likeness (QED) is 0.163. The highest BCUT2D eigenvalue weighted by atomic mass is 79.9. The first-order chi connectivity index (χ1) is 21.4. The molecule has 1 unspecified atom stereocenters. The van der Waals surface area contributed by atoms with Gasteiger partial charge in [0.2, 0.25) is 0 Å². The van der Waals surface area contributed by atoms with Crippen molar-refractivity contribution >= 4 is 61.4 Å². The number of benzene rings is 4. The van der Waals surface area contributed by atoms with Crippen molar-refractivity contribution in [3.63, 3.8) is 0 Å². The van der Waals surface area contributed by atoms with Crippen LogP contribution < -0.4 is 0 Å². The fourth-order valence-corrected chi connectivity index (χ4v) is 6.70. The van der Waals surface area contributed by atoms with Crippen molar-refractivity contribution < 1.29 is 14.3 Å². The number of halogens is 1. The SMILES string of the molecule is C1CCOC1.CC(C)CC1CCCc2c1ccc1c2ccc2cc(Br)ccc21.COC(=O)C1=Cc2ccccc2N=CC=C1. The molecule has 4 aromatic rings. The number of nitrogens with zero attached hydrogens (tertiary/aromatic N) is 1. The molecule has 0 bridgehead atoms. The molecule has 0 saturated carbocycles. The summed E-state index contributed by atoms with van der Waals surface area (Å²) in [6.07, 6.45) is 14.6. The summed E-state index contributed by atoms with van der Waals surface area (Å²) in [5, 5.41) is 5.59. The van der Waals surface area contributed by atoms with Crippen molar-refractivity contribution in [2.45, 2.75) is 58.3 Å². The molecule has 5 heteroatoms. The van der Waals surface area contributed by atoms with Crippen LogP contribution >= 0.6 is 15.9 Å². The maximum absolute atomic E-state index is 11.5. The zero-order chi connectivity index (χ0) is 30.9. The Bertz CT molecular complexity index is 1690. The second-order valence-corrected chi connectivity index (χ2v) is 12.9. The number of carbonyl (C=O) groups is 1. The van der Waals surface area contributed by atoms with Gasteiger partial charge in [0.05, 0.1) is 18.4 Å². The van der Waals surface area contributed by atoms with Gasteiger partial charge in [-0.05, 0) is 119 Å². The van der Waals surface area contributed by atoms with Gasteiger partial charge in [-0.2, -0.15) is 0 Å². The summed E-state index contributed by atoms with van der Waals surface area (Å²) < 4.78 is 10.8. The topological polar surface area (TPSA) is 47.9 Å². The molecule has 7 rings (SSSR count). The lowest BCUT2D eigenvalue weighted by Gasteiger charge is -2.28. The van der Waals surface area contributed by atoms with Crippen LogP contribution in [-0.4, -0.2) is 32.5 Å². The first kappa shape index (κ1) is 31.9. The van der Waals surface area contributed by atoms with E-state index < -0.39 is 0 Å². The van der Waals surface area contributed by atoms with Crippen molar-refractivity contribution in [3.05, 3.63) is 106 Å². The van der Waals surface area contributed by atoms with Crippen LogP contribution in [0.5, 0.6) is 0 Å². The lowest BCUT2D eigenvalue weighted by atomic mass is 9.77. The number of methoxy groups -OCH3 is 1. The number of hydrogen-bond acceptors (Lipinski definition) is 4. The molecule has 0 spiro atoms. The summed E-state index contributed by atoms with van der Waals surface area (Å²) >= 11 is 3.59. The number of para-hydroxylation sites is 1. The predicted molar refractivity (Wildman–Crippen MR) is 188 cm³/mol. The summed E-state index contributed by atoms with van der Waals surface area (Å²) in [6, 6.07) is 23.7. The first-order valence-electron chi connectivity index (χ1n) is 15.8. The maximum Gasteiger partial charge on any atom is 0.337 e. The van der Waals surface area contributed by atoms with Gasteiger partial charge in [-0.1, -0.05) is 78.3 Å². The van der Waals surface area contributed by atoms with Crippen molar-refractivity contribution in [1.82, 2.24) is 0 Å². The van der Waals surface area contributed by atoms with Gasteiger partial charge >= 0.3 is 5.97 Å². The second kappa shape index (κ2) is 15.5. The molecule has 44 heavy (non-hydrogen) atoms. The standard InChI is InChI=1S/C22H23Br.C13H11NO2.C4H8O/c1-14(2)12-15-4-3-5-20-19(15)10-11-21-18-9-7-17(23)13-16(18)6-8-22(20)21;1-16-13(15)11-6-4-8-14-12-7-3-2-5-10(12)9-11;1-2-4-5-3-1/h6-11,13-15H,3-5,12H2,1-2H3;2-9H,1H3;1-4H2. The molecule has 0 aromatic heterocycles. The summed E-state index contributed by atoms with van der Waals surface area (Å²) in [7, 11) is 1.37. The number of allylic oxidation sites excluding steroid dienone is 1. The maximum atomic E-state index is 11.5. The Morgan fingerprint density at radius 3 is 2.50 bits per heavy atom. The van der Waals surface area contributed by atoms with E-state index in [2.05, 4.69) is 77.2 Å². The van der Waals surface area contributed by atoms with Crippen LogP contribution in [0.3, 0.4) is 0 Å². The van der Waals surface area contributed by atoms with Crippen molar-refractivity contribution in [1.29, 1.82) is 0 Å². The first-order valence-corrected chi connectivity index (χ1v) is 16.5. The average molecular weight is 653 g/mol. The number of carbonyl (C=O) groups excluding carboxylic acids is 1. The summed E-state index contributed by atoms with van der Waals surface area (Å²) in [5.41, 5.74) is 5.50. The second-order valence-electron chi connectivity index (χ2n) is 12.0. The van der Waals surface area contributed by atoms with E-state index in [1.54, 1.807) is 35.6 Å². The molecular formula is C39H42BrNO3. The fourth-order valence-electron chi connectivity index (χ4n) is 6.32. The molecule has 1 aliphatic carbocycles. The van der Waals surface area contributed by atoms with E-state index >= 15 is 0 Å². The molecular weight excluding hydrogens is 610 g/mol. The zero-order valence-corrected chi connectivity index (χ0v) is 27.6. The number of ether oxygens (including phenoxy) is 2. The highest BCUT2D eigenvalue weighted by Gasteiger charge is 2.23. The zero-order valence-electron chi connectivity index (χ0n) is 26.0. The van der Waals surface area contributed by atoms with Crippen LogP contribution in [-0.2, 0) is 20.7 Å². The normalized spacial score (nSPS) is 16.9. The highest BCUT2D eigenvalue weighted by molar-refractivity contribution is 9.10. The van der Waals surface area contributed by atoms with Crippen LogP contribution in [0, 0.1) is 5.92 Å². The number of esters is 1. The van der Waals surface area contributed by atoms with E-state index in [0.717, 1.165) is 40.8 Å². The van der Waals surface area contributed by atoms with E-state index in [1.807, 2.05) is 24.3 Å². The number of rotatable bonds is 3. The van der Waals surface area contributed by atoms with Gasteiger partial charge in [0, 0.05) is 29.5 Å². The third kappa shape index (κ3) is 7.94. The molecule has 4 nitrogen and oxygen atoms in total. The molecule has 1 fully saturated rings. The molecule has 0 amide bonds. The minimum absolute atomic E-state index is 0.346. The van der Waals surface area contributed by atoms with Gasteiger partial charge < -0.3 is 9.47 Å². The van der Waals surface area contributed by atoms with Gasteiger partial charge in [0.15, 0.2) is 0 Å². The summed E-state index contributed by atoms with van der Waals surface area (Å²) in [5.74, 6) is 1.18. The predicted octanol–water partition coefficient (Wildman–Crippen LogP) is 10.5. The number of fused-ring (bicyclic) bond motifs is 6. The van der Waals surface area contributed by atoms with Gasteiger partial charge in [-0.3, -0.25) is 4.99 Å². The average Bonchev–Trinajstić information content (AvgIpc) is 3.61. The number of aryl methyl sites for hydroxylation is 1. The Hall–Kier alpha value is -3.54. The molecule has 2 aliphatic heterocycles. The van der Waals surface area contributed by atoms with Crippen LogP contribution in [0.4, 0.5) is 5.69 Å². The lowest BCUT2D eigenvalue weighted by Crippen LogP contribution is -2.12. The molecule has 0 radical (unpaired) electrons. The van der Waals surface area contributed by atoms with Crippen LogP contribution in [0.25, 0.3) is 27.6 Å². The lowest BCUT2D eigenvalue weighted by molar-refractivity contribution is -0.135. The summed E-state index contributed by atoms with van der Waals surface area (Å²) in [6.45, 7) is 6.70. The largest absolute Gasteiger partial charge is 0.465 e. The number of aliphatic imine (C=N–C) groups is 1. The third-order valence-electron chi connectivity index (χ3n) is 8.37. The molecule has 228 valence electrons. The van der Waals surface area contributed by atoms with Gasteiger partial charge in [-0.25, -0.2) is 4.79 Å². The van der Waals surface area contributed by atoms with Crippen molar-refractivity contribution in [2.24, 2.45) is 10.9 Å². The molecule has 0 N–H and O–H groups in total. The van der Waals surface area contributed by atoms with E-state index in [9.17, 15) is 4.79 Å². The Kier molecular flexibility index (Phi) is 11.2. The molecule has 4 aromatic carbocycles. The van der Waals surface area contributed by atoms with Gasteiger partial charge in [0.1, 0.15) is 0 Å². The molecule has 1 atom stereocenters. The Morgan fingerprint density at radius 1 is 0.977 bits per heavy atom. The molecule has 2 heterocycles. The van der Waals surface area contributed by atoms with Crippen molar-refractivity contribution in [2.75, 3.05) is 20.3 Å². The smallest absolute Gasteiger partial charge is 0.337 e. The summed E-state index contributed by atoms with van der Waals surface area (Å²) in [4.78, 5) is 15.7. The Morgan fingerprint density at radius 2 is 1.75 bits per heavy atom. The Balaban J connectivity index is 0.000000158. The molecule has 3 aliphatic rings. The van der Waals surface area contributed by atoms with Crippen LogP contribution in [0.2, 0.25) is 0 Å². The third-order valence-corrected chi connectivity index (χ3v) is 8.87. The fraction of sp³-hybridized carbons (Fsp3) is 0.333. The van der Waals surface area contributed by atoms with Gasteiger partial charge in [-0.15, -0.1) is 0 Å². The van der Waals surface area contributed by atoms with Crippen LogP contribution in [0.1, 0.15) is 68.6 Å². The van der Waals surface area contributed by atoms with Crippen molar-refractivity contribution in [3.8, 4) is 0 Å². The van der Waals surface area contributed by atoms with Crippen LogP contribution in [0.15, 0.2) is 93.9 Å². The molecule has 1 saturated heterocycles.